The SMILES string of the molecule is CCOc1ccccc1NC(=O)CCN1C(=O)/C(=C/c2ccc3c(c2)OCO3)SC1=S. The minimum atomic E-state index is -0.221. The van der Waals surface area contributed by atoms with E-state index in [2.05, 4.69) is 5.32 Å². The molecule has 9 heteroatoms. The molecule has 0 bridgehead atoms. The van der Waals surface area contributed by atoms with Crippen LogP contribution in [0.15, 0.2) is 47.4 Å². The fourth-order valence-electron chi connectivity index (χ4n) is 3.12. The third-order valence-electron chi connectivity index (χ3n) is 4.59. The van der Waals surface area contributed by atoms with Gasteiger partial charge in [-0.2, -0.15) is 0 Å². The molecule has 2 heterocycles. The molecule has 31 heavy (non-hydrogen) atoms. The van der Waals surface area contributed by atoms with E-state index in [4.69, 9.17) is 26.4 Å². The maximum atomic E-state index is 12.8. The molecular formula is C22H20N2O5S2. The van der Waals surface area contributed by atoms with Crippen molar-refractivity contribution in [2.24, 2.45) is 0 Å². The highest BCUT2D eigenvalue weighted by Crippen LogP contribution is 2.36. The molecule has 0 unspecified atom stereocenters. The molecule has 0 saturated carbocycles. The molecule has 2 amide bonds. The van der Waals surface area contributed by atoms with E-state index in [9.17, 15) is 9.59 Å². The molecule has 1 N–H and O–H groups in total. The van der Waals surface area contributed by atoms with E-state index in [0.29, 0.717) is 38.8 Å². The Morgan fingerprint density at radius 2 is 2.06 bits per heavy atom. The third kappa shape index (κ3) is 4.83. The van der Waals surface area contributed by atoms with E-state index < -0.39 is 0 Å². The summed E-state index contributed by atoms with van der Waals surface area (Å²) in [5.74, 6) is 1.50. The molecule has 1 fully saturated rings. The molecule has 2 aliphatic heterocycles. The first-order chi connectivity index (χ1) is 15.0. The highest BCUT2D eigenvalue weighted by atomic mass is 32.2. The van der Waals surface area contributed by atoms with E-state index in [1.165, 1.54) is 16.7 Å². The van der Waals surface area contributed by atoms with Crippen LogP contribution >= 0.6 is 24.0 Å². The Bertz CT molecular complexity index is 1070. The molecular weight excluding hydrogens is 436 g/mol. The van der Waals surface area contributed by atoms with Gasteiger partial charge in [-0.1, -0.05) is 42.2 Å². The summed E-state index contributed by atoms with van der Waals surface area (Å²) in [7, 11) is 0. The zero-order chi connectivity index (χ0) is 21.8. The van der Waals surface area contributed by atoms with Crippen LogP contribution in [0.5, 0.6) is 17.2 Å². The van der Waals surface area contributed by atoms with E-state index in [-0.39, 0.29) is 31.6 Å². The molecule has 7 nitrogen and oxygen atoms in total. The number of anilines is 1. The summed E-state index contributed by atoms with van der Waals surface area (Å²) in [6.07, 6.45) is 1.88. The van der Waals surface area contributed by atoms with Crippen molar-refractivity contribution in [1.29, 1.82) is 0 Å². The van der Waals surface area contributed by atoms with Gasteiger partial charge in [0.15, 0.2) is 11.5 Å². The number of nitrogens with one attached hydrogen (secondary N) is 1. The summed E-state index contributed by atoms with van der Waals surface area (Å²) in [5, 5.41) is 2.83. The number of thioether (sulfide) groups is 1. The molecule has 1 saturated heterocycles. The normalized spacial score (nSPS) is 16.2. The number of carbonyl (C=O) groups is 2. The fourth-order valence-corrected chi connectivity index (χ4v) is 4.43. The molecule has 0 aromatic heterocycles. The Balaban J connectivity index is 1.38. The molecule has 0 atom stereocenters. The largest absolute Gasteiger partial charge is 0.492 e. The number of amides is 2. The molecule has 0 radical (unpaired) electrons. The lowest BCUT2D eigenvalue weighted by atomic mass is 10.2. The Kier molecular flexibility index (Phi) is 6.43. The van der Waals surface area contributed by atoms with Crippen LogP contribution in [0.1, 0.15) is 18.9 Å². The van der Waals surface area contributed by atoms with Gasteiger partial charge in [-0.05, 0) is 42.8 Å². The maximum absolute atomic E-state index is 12.8. The quantitative estimate of drug-likeness (QED) is 0.498. The summed E-state index contributed by atoms with van der Waals surface area (Å²) in [6, 6.07) is 12.7. The fraction of sp³-hybridized carbons (Fsp3) is 0.227. The number of benzene rings is 2. The van der Waals surface area contributed by atoms with Gasteiger partial charge in [0.05, 0.1) is 17.2 Å². The topological polar surface area (TPSA) is 77.1 Å². The molecule has 160 valence electrons. The molecule has 2 aromatic carbocycles. The van der Waals surface area contributed by atoms with E-state index in [0.717, 1.165) is 5.56 Å². The lowest BCUT2D eigenvalue weighted by Crippen LogP contribution is -2.31. The minimum absolute atomic E-state index is 0.115. The number of hydrogen-bond donors (Lipinski definition) is 1. The summed E-state index contributed by atoms with van der Waals surface area (Å²) < 4.78 is 16.6. The maximum Gasteiger partial charge on any atom is 0.266 e. The summed E-state index contributed by atoms with van der Waals surface area (Å²) >= 11 is 6.58. The predicted molar refractivity (Wildman–Crippen MR) is 123 cm³/mol. The molecule has 2 aliphatic rings. The van der Waals surface area contributed by atoms with Crippen LogP contribution in [0.3, 0.4) is 0 Å². The number of thiocarbonyl (C=S) groups is 1. The van der Waals surface area contributed by atoms with Gasteiger partial charge in [-0.3, -0.25) is 14.5 Å². The minimum Gasteiger partial charge on any atom is -0.492 e. The molecule has 2 aromatic rings. The second-order valence-corrected chi connectivity index (χ2v) is 8.35. The third-order valence-corrected chi connectivity index (χ3v) is 5.97. The monoisotopic (exact) mass is 456 g/mol. The lowest BCUT2D eigenvalue weighted by molar-refractivity contribution is -0.122. The van der Waals surface area contributed by atoms with Gasteiger partial charge in [0.2, 0.25) is 12.7 Å². The standard InChI is InChI=1S/C22H20N2O5S2/c1-2-27-16-6-4-3-5-15(16)23-20(25)9-10-24-21(26)19(31-22(24)30)12-14-7-8-17-18(11-14)29-13-28-17/h3-8,11-12H,2,9-10,13H2,1H3,(H,23,25)/b19-12-. The van der Waals surface area contributed by atoms with Crippen LogP contribution < -0.4 is 19.5 Å². The number of nitrogens with zero attached hydrogens (tertiary/aromatic N) is 1. The number of ether oxygens (including phenoxy) is 3. The number of para-hydroxylation sites is 2. The van der Waals surface area contributed by atoms with Gasteiger partial charge in [0.25, 0.3) is 5.91 Å². The van der Waals surface area contributed by atoms with Crippen molar-refractivity contribution in [1.82, 2.24) is 4.90 Å². The number of rotatable bonds is 7. The van der Waals surface area contributed by atoms with E-state index >= 15 is 0 Å². The molecule has 0 spiro atoms. The first-order valence-corrected chi connectivity index (χ1v) is 10.9. The highest BCUT2D eigenvalue weighted by Gasteiger charge is 2.32. The van der Waals surface area contributed by atoms with Crippen molar-refractivity contribution < 1.29 is 23.8 Å². The van der Waals surface area contributed by atoms with Crippen LogP contribution in [0.25, 0.3) is 6.08 Å². The van der Waals surface area contributed by atoms with Crippen LogP contribution in [0.2, 0.25) is 0 Å². The van der Waals surface area contributed by atoms with Gasteiger partial charge < -0.3 is 19.5 Å². The van der Waals surface area contributed by atoms with Crippen LogP contribution in [0, 0.1) is 0 Å². The molecule has 0 aliphatic carbocycles. The smallest absolute Gasteiger partial charge is 0.266 e. The van der Waals surface area contributed by atoms with E-state index in [1.54, 1.807) is 24.3 Å². The van der Waals surface area contributed by atoms with Gasteiger partial charge in [0.1, 0.15) is 10.1 Å². The Hall–Kier alpha value is -3.04. The average Bonchev–Trinajstić information content (AvgIpc) is 3.32. The van der Waals surface area contributed by atoms with Crippen molar-refractivity contribution in [2.45, 2.75) is 13.3 Å². The van der Waals surface area contributed by atoms with Crippen LogP contribution in [0.4, 0.5) is 5.69 Å². The first kappa shape index (κ1) is 21.2. The van der Waals surface area contributed by atoms with Gasteiger partial charge in [-0.25, -0.2) is 0 Å². The van der Waals surface area contributed by atoms with Crippen LogP contribution in [-0.2, 0) is 9.59 Å². The van der Waals surface area contributed by atoms with Gasteiger partial charge >= 0.3 is 0 Å². The number of hydrogen-bond acceptors (Lipinski definition) is 7. The van der Waals surface area contributed by atoms with Gasteiger partial charge in [-0.15, -0.1) is 0 Å². The van der Waals surface area contributed by atoms with Crippen molar-refractivity contribution >= 4 is 51.9 Å². The predicted octanol–water partition coefficient (Wildman–Crippen LogP) is 4.04. The first-order valence-electron chi connectivity index (χ1n) is 9.72. The second-order valence-electron chi connectivity index (χ2n) is 6.67. The summed E-state index contributed by atoms with van der Waals surface area (Å²) in [5.41, 5.74) is 1.41. The van der Waals surface area contributed by atoms with Crippen molar-refractivity contribution in [2.75, 3.05) is 25.3 Å². The number of carbonyl (C=O) groups excluding carboxylic acids is 2. The second kappa shape index (κ2) is 9.40. The average molecular weight is 457 g/mol. The van der Waals surface area contributed by atoms with E-state index in [1.807, 2.05) is 31.2 Å². The van der Waals surface area contributed by atoms with Gasteiger partial charge in [0, 0.05) is 13.0 Å². The highest BCUT2D eigenvalue weighted by molar-refractivity contribution is 8.26. The Morgan fingerprint density at radius 1 is 1.26 bits per heavy atom. The molecule has 4 rings (SSSR count). The zero-order valence-electron chi connectivity index (χ0n) is 16.8. The summed E-state index contributed by atoms with van der Waals surface area (Å²) in [6.45, 7) is 2.77. The number of fused-ring (bicyclic) bond motifs is 1. The van der Waals surface area contributed by atoms with Crippen molar-refractivity contribution in [3.8, 4) is 17.2 Å². The zero-order valence-corrected chi connectivity index (χ0v) is 18.4. The Morgan fingerprint density at radius 3 is 2.90 bits per heavy atom. The van der Waals surface area contributed by atoms with Crippen molar-refractivity contribution in [3.05, 3.63) is 52.9 Å². The van der Waals surface area contributed by atoms with Crippen LogP contribution in [-0.4, -0.2) is 41.0 Å². The Labute approximate surface area is 189 Å². The summed E-state index contributed by atoms with van der Waals surface area (Å²) in [4.78, 5) is 27.2. The van der Waals surface area contributed by atoms with Crippen molar-refractivity contribution in [3.63, 3.8) is 0 Å². The lowest BCUT2D eigenvalue weighted by Gasteiger charge is -2.15.